The van der Waals surface area contributed by atoms with Crippen molar-refractivity contribution < 1.29 is 4.42 Å². The molecule has 4 rings (SSSR count). The topological polar surface area (TPSA) is 13.1 Å². The minimum absolute atomic E-state index is 0.933. The van der Waals surface area contributed by atoms with Crippen LogP contribution in [0.2, 0.25) is 0 Å². The highest BCUT2D eigenvalue weighted by molar-refractivity contribution is 14.1. The molecule has 0 aliphatic carbocycles. The van der Waals surface area contributed by atoms with Crippen molar-refractivity contribution in [1.29, 1.82) is 0 Å². The zero-order valence-electron chi connectivity index (χ0n) is 9.78. The molecule has 0 atom stereocenters. The summed E-state index contributed by atoms with van der Waals surface area (Å²) in [6.45, 7) is 0. The molecule has 0 saturated carbocycles. The van der Waals surface area contributed by atoms with E-state index in [1.165, 1.54) is 25.1 Å². The van der Waals surface area contributed by atoms with Gasteiger partial charge in [-0.2, -0.15) is 0 Å². The molecule has 1 nitrogen and oxygen atoms in total. The van der Waals surface area contributed by atoms with Crippen molar-refractivity contribution in [2.75, 3.05) is 0 Å². The molecular formula is C16H8BrIO. The molecule has 0 amide bonds. The second-order valence-corrected chi connectivity index (χ2v) is 6.62. The molecule has 0 aliphatic rings. The van der Waals surface area contributed by atoms with E-state index >= 15 is 0 Å². The van der Waals surface area contributed by atoms with Crippen LogP contribution in [0.3, 0.4) is 0 Å². The van der Waals surface area contributed by atoms with Crippen LogP contribution in [0.1, 0.15) is 0 Å². The Morgan fingerprint density at radius 3 is 2.47 bits per heavy atom. The number of rotatable bonds is 0. The minimum Gasteiger partial charge on any atom is -0.456 e. The highest BCUT2D eigenvalue weighted by atomic mass is 127. The molecule has 92 valence electrons. The summed E-state index contributed by atoms with van der Waals surface area (Å²) in [6.07, 6.45) is 0. The molecule has 0 bridgehead atoms. The van der Waals surface area contributed by atoms with Crippen LogP contribution in [-0.2, 0) is 0 Å². The van der Waals surface area contributed by atoms with Crippen LogP contribution in [0.25, 0.3) is 32.7 Å². The maximum atomic E-state index is 5.99. The van der Waals surface area contributed by atoms with Crippen molar-refractivity contribution >= 4 is 71.2 Å². The van der Waals surface area contributed by atoms with Crippen molar-refractivity contribution in [3.8, 4) is 0 Å². The monoisotopic (exact) mass is 422 g/mol. The Morgan fingerprint density at radius 2 is 1.63 bits per heavy atom. The Kier molecular flexibility index (Phi) is 2.60. The maximum Gasteiger partial charge on any atom is 0.137 e. The van der Waals surface area contributed by atoms with E-state index in [-0.39, 0.29) is 0 Å². The fourth-order valence-corrected chi connectivity index (χ4v) is 3.59. The van der Waals surface area contributed by atoms with Crippen molar-refractivity contribution in [1.82, 2.24) is 0 Å². The molecule has 3 aromatic carbocycles. The lowest BCUT2D eigenvalue weighted by atomic mass is 10.0. The largest absolute Gasteiger partial charge is 0.456 e. The lowest BCUT2D eigenvalue weighted by Gasteiger charge is -2.01. The molecule has 4 aromatic rings. The van der Waals surface area contributed by atoms with Gasteiger partial charge in [0.2, 0.25) is 0 Å². The van der Waals surface area contributed by atoms with Gasteiger partial charge in [0.15, 0.2) is 0 Å². The number of fused-ring (bicyclic) bond motifs is 5. The van der Waals surface area contributed by atoms with Crippen molar-refractivity contribution in [3.63, 3.8) is 0 Å². The van der Waals surface area contributed by atoms with Gasteiger partial charge in [-0.1, -0.05) is 40.2 Å². The Labute approximate surface area is 131 Å². The number of hydrogen-bond donors (Lipinski definition) is 0. The van der Waals surface area contributed by atoms with Crippen LogP contribution in [0.15, 0.2) is 57.4 Å². The molecule has 0 saturated heterocycles. The molecule has 0 N–H and O–H groups in total. The predicted molar refractivity (Wildman–Crippen MR) is 91.6 cm³/mol. The van der Waals surface area contributed by atoms with Crippen LogP contribution in [0.4, 0.5) is 0 Å². The molecule has 0 unspecified atom stereocenters. The van der Waals surface area contributed by atoms with Gasteiger partial charge in [0, 0.05) is 18.8 Å². The summed E-state index contributed by atoms with van der Waals surface area (Å²) in [6, 6.07) is 16.8. The SMILES string of the molecule is Brc1cc2oc3cc(I)ccc3c2c2ccccc12. The summed E-state index contributed by atoms with van der Waals surface area (Å²) in [4.78, 5) is 0. The van der Waals surface area contributed by atoms with Crippen LogP contribution in [0, 0.1) is 3.57 Å². The summed E-state index contributed by atoms with van der Waals surface area (Å²) >= 11 is 5.94. The normalized spacial score (nSPS) is 11.7. The van der Waals surface area contributed by atoms with Gasteiger partial charge in [0.05, 0.1) is 0 Å². The van der Waals surface area contributed by atoms with Crippen molar-refractivity contribution in [3.05, 3.63) is 56.6 Å². The summed E-state index contributed by atoms with van der Waals surface area (Å²) in [5.74, 6) is 0. The highest BCUT2D eigenvalue weighted by Crippen LogP contribution is 2.38. The van der Waals surface area contributed by atoms with Gasteiger partial charge in [0.1, 0.15) is 11.2 Å². The second-order valence-electron chi connectivity index (χ2n) is 4.52. The van der Waals surface area contributed by atoms with Crippen LogP contribution in [0.5, 0.6) is 0 Å². The lowest BCUT2D eigenvalue weighted by Crippen LogP contribution is -1.76. The molecule has 19 heavy (non-hydrogen) atoms. The van der Waals surface area contributed by atoms with Gasteiger partial charge in [-0.05, 0) is 57.6 Å². The van der Waals surface area contributed by atoms with Crippen LogP contribution < -0.4 is 0 Å². The van der Waals surface area contributed by atoms with E-state index in [0.29, 0.717) is 0 Å². The Bertz CT molecular complexity index is 940. The van der Waals surface area contributed by atoms with E-state index in [4.69, 9.17) is 4.42 Å². The third kappa shape index (κ3) is 1.71. The smallest absolute Gasteiger partial charge is 0.137 e. The number of hydrogen-bond acceptors (Lipinski definition) is 1. The summed E-state index contributed by atoms with van der Waals surface area (Å²) in [5.41, 5.74) is 1.88. The van der Waals surface area contributed by atoms with Gasteiger partial charge < -0.3 is 4.42 Å². The van der Waals surface area contributed by atoms with Crippen LogP contribution >= 0.6 is 38.5 Å². The van der Waals surface area contributed by atoms with E-state index < -0.39 is 0 Å². The van der Waals surface area contributed by atoms with Gasteiger partial charge in [-0.25, -0.2) is 0 Å². The van der Waals surface area contributed by atoms with Gasteiger partial charge in [0.25, 0.3) is 0 Å². The zero-order valence-corrected chi connectivity index (χ0v) is 13.5. The van der Waals surface area contributed by atoms with Crippen molar-refractivity contribution in [2.45, 2.75) is 0 Å². The van der Waals surface area contributed by atoms with Gasteiger partial charge in [-0.3, -0.25) is 0 Å². The van der Waals surface area contributed by atoms with E-state index in [9.17, 15) is 0 Å². The zero-order chi connectivity index (χ0) is 13.0. The fraction of sp³-hybridized carbons (Fsp3) is 0. The van der Waals surface area contributed by atoms with E-state index in [2.05, 4.69) is 87.1 Å². The quantitative estimate of drug-likeness (QED) is 0.312. The maximum absolute atomic E-state index is 5.99. The van der Waals surface area contributed by atoms with E-state index in [1.807, 2.05) is 0 Å². The average Bonchev–Trinajstić information content (AvgIpc) is 2.76. The first-order valence-corrected chi connectivity index (χ1v) is 7.80. The lowest BCUT2D eigenvalue weighted by molar-refractivity contribution is 0.668. The predicted octanol–water partition coefficient (Wildman–Crippen LogP) is 6.11. The van der Waals surface area contributed by atoms with E-state index in [1.54, 1.807) is 0 Å². The molecule has 0 aliphatic heterocycles. The van der Waals surface area contributed by atoms with Gasteiger partial charge >= 0.3 is 0 Å². The molecule has 0 fully saturated rings. The average molecular weight is 423 g/mol. The van der Waals surface area contributed by atoms with E-state index in [0.717, 1.165) is 15.6 Å². The number of furan rings is 1. The molecule has 1 heterocycles. The third-order valence-electron chi connectivity index (χ3n) is 3.39. The summed E-state index contributed by atoms with van der Waals surface area (Å²) in [7, 11) is 0. The molecule has 0 spiro atoms. The molecule has 0 radical (unpaired) electrons. The molecule has 3 heteroatoms. The first-order valence-electron chi connectivity index (χ1n) is 5.93. The Morgan fingerprint density at radius 1 is 0.842 bits per heavy atom. The van der Waals surface area contributed by atoms with Crippen LogP contribution in [-0.4, -0.2) is 0 Å². The minimum atomic E-state index is 0.933. The highest BCUT2D eigenvalue weighted by Gasteiger charge is 2.12. The summed E-state index contributed by atoms with van der Waals surface area (Å²) < 4.78 is 8.25. The number of halogens is 2. The molecular weight excluding hydrogens is 415 g/mol. The fourth-order valence-electron chi connectivity index (χ4n) is 2.57. The second kappa shape index (κ2) is 4.21. The first-order chi connectivity index (χ1) is 9.24. The van der Waals surface area contributed by atoms with Gasteiger partial charge in [-0.15, -0.1) is 0 Å². The van der Waals surface area contributed by atoms with Crippen molar-refractivity contribution in [2.24, 2.45) is 0 Å². The summed E-state index contributed by atoms with van der Waals surface area (Å²) in [5, 5.41) is 4.83. The standard InChI is InChI=1S/C16H8BrIO/c17-13-8-15-16(11-4-2-1-3-10(11)13)12-6-5-9(18)7-14(12)19-15/h1-8H. The molecule has 1 aromatic heterocycles. The third-order valence-corrected chi connectivity index (χ3v) is 4.72. The number of benzene rings is 3. The Balaban J connectivity index is 2.34. The first kappa shape index (κ1) is 11.7. The Hall–Kier alpha value is -1.07.